The highest BCUT2D eigenvalue weighted by atomic mass is 16.3. The number of anilines is 1. The number of hydrogen-bond acceptors (Lipinski definition) is 3. The molecule has 0 aromatic heterocycles. The lowest BCUT2D eigenvalue weighted by Gasteiger charge is -2.26. The Kier molecular flexibility index (Phi) is 4.32. The van der Waals surface area contributed by atoms with Gasteiger partial charge in [0.15, 0.2) is 0 Å². The Morgan fingerprint density at radius 1 is 0.760 bits per heavy atom. The molecule has 0 amide bonds. The third-order valence-corrected chi connectivity index (χ3v) is 4.65. The zero-order valence-corrected chi connectivity index (χ0v) is 13.9. The molecular weight excluding hydrogens is 308 g/mol. The summed E-state index contributed by atoms with van der Waals surface area (Å²) in [5.74, 6) is 0.0220. The van der Waals surface area contributed by atoms with E-state index in [9.17, 15) is 5.11 Å². The average Bonchev–Trinajstić information content (AvgIpc) is 3.09. The van der Waals surface area contributed by atoms with Crippen molar-refractivity contribution in [1.82, 2.24) is 0 Å². The summed E-state index contributed by atoms with van der Waals surface area (Å²) in [4.78, 5) is 0. The van der Waals surface area contributed by atoms with Gasteiger partial charge in [-0.2, -0.15) is 5.10 Å². The zero-order chi connectivity index (χ0) is 17.1. The molecule has 0 aliphatic carbocycles. The quantitative estimate of drug-likeness (QED) is 0.784. The van der Waals surface area contributed by atoms with Gasteiger partial charge in [0.25, 0.3) is 0 Å². The van der Waals surface area contributed by atoms with E-state index in [1.807, 2.05) is 71.7 Å². The van der Waals surface area contributed by atoms with E-state index < -0.39 is 0 Å². The van der Waals surface area contributed by atoms with E-state index in [0.29, 0.717) is 0 Å². The molecule has 3 heteroatoms. The molecule has 4 rings (SSSR count). The maximum absolute atomic E-state index is 10.2. The van der Waals surface area contributed by atoms with Crippen LogP contribution in [0.15, 0.2) is 96.1 Å². The molecular formula is C22H20N2O. The molecule has 0 fully saturated rings. The summed E-state index contributed by atoms with van der Waals surface area (Å²) in [6.07, 6.45) is 0. The van der Waals surface area contributed by atoms with Crippen LogP contribution in [-0.2, 0) is 0 Å². The van der Waals surface area contributed by atoms with Gasteiger partial charge in [-0.15, -0.1) is 0 Å². The van der Waals surface area contributed by atoms with Crippen LogP contribution in [0.4, 0.5) is 5.69 Å². The molecule has 3 nitrogen and oxygen atoms in total. The largest absolute Gasteiger partial charge is 0.394 e. The van der Waals surface area contributed by atoms with Gasteiger partial charge >= 0.3 is 0 Å². The second-order valence-electron chi connectivity index (χ2n) is 6.17. The second-order valence-corrected chi connectivity index (χ2v) is 6.17. The zero-order valence-electron chi connectivity index (χ0n) is 13.9. The van der Waals surface area contributed by atoms with Gasteiger partial charge in [0.05, 0.1) is 30.0 Å². The van der Waals surface area contributed by atoms with Gasteiger partial charge in [-0.05, 0) is 23.3 Å². The summed E-state index contributed by atoms with van der Waals surface area (Å²) in [7, 11) is 0. The fourth-order valence-corrected chi connectivity index (χ4v) is 3.48. The van der Waals surface area contributed by atoms with E-state index in [1.54, 1.807) is 0 Å². The second kappa shape index (κ2) is 6.91. The summed E-state index contributed by atoms with van der Waals surface area (Å²) in [5, 5.41) is 17.1. The van der Waals surface area contributed by atoms with Crippen LogP contribution in [0.3, 0.4) is 0 Å². The van der Waals surface area contributed by atoms with Gasteiger partial charge in [-0.3, -0.25) is 5.01 Å². The number of hydrogen-bond donors (Lipinski definition) is 1. The SMILES string of the molecule is OC[C@@H]1[C@@H](c2ccccc2)C(c2ccccc2)=NN1c1ccccc1. The molecule has 0 spiro atoms. The third kappa shape index (κ3) is 2.94. The van der Waals surface area contributed by atoms with Crippen molar-refractivity contribution < 1.29 is 5.11 Å². The van der Waals surface area contributed by atoms with Crippen molar-refractivity contribution in [2.24, 2.45) is 5.10 Å². The van der Waals surface area contributed by atoms with Crippen LogP contribution in [0, 0.1) is 0 Å². The first-order chi connectivity index (χ1) is 12.4. The summed E-state index contributed by atoms with van der Waals surface area (Å²) < 4.78 is 0. The lowest BCUT2D eigenvalue weighted by atomic mass is 9.85. The van der Waals surface area contributed by atoms with E-state index >= 15 is 0 Å². The fourth-order valence-electron chi connectivity index (χ4n) is 3.48. The number of hydrazone groups is 1. The van der Waals surface area contributed by atoms with Crippen LogP contribution in [-0.4, -0.2) is 23.5 Å². The predicted octanol–water partition coefficient (Wildman–Crippen LogP) is 4.06. The van der Waals surface area contributed by atoms with E-state index in [4.69, 9.17) is 5.10 Å². The van der Waals surface area contributed by atoms with Crippen LogP contribution >= 0.6 is 0 Å². The molecule has 124 valence electrons. The van der Waals surface area contributed by atoms with Gasteiger partial charge in [0, 0.05) is 0 Å². The number of benzene rings is 3. The highest BCUT2D eigenvalue weighted by Gasteiger charge is 2.39. The van der Waals surface area contributed by atoms with Crippen molar-refractivity contribution in [3.05, 3.63) is 102 Å². The molecule has 1 aliphatic heterocycles. The molecule has 1 aliphatic rings. The van der Waals surface area contributed by atoms with Crippen molar-refractivity contribution in [1.29, 1.82) is 0 Å². The Bertz CT molecular complexity index is 847. The molecule has 3 aromatic carbocycles. The summed E-state index contributed by atoms with van der Waals surface area (Å²) in [6.45, 7) is 0.0360. The number of aliphatic hydroxyl groups is 1. The van der Waals surface area contributed by atoms with Crippen LogP contribution in [0.25, 0.3) is 0 Å². The predicted molar refractivity (Wildman–Crippen MR) is 102 cm³/mol. The summed E-state index contributed by atoms with van der Waals surface area (Å²) in [5.41, 5.74) is 4.25. The molecule has 0 unspecified atom stereocenters. The number of rotatable bonds is 4. The summed E-state index contributed by atoms with van der Waals surface area (Å²) in [6, 6.07) is 30.5. The van der Waals surface area contributed by atoms with E-state index in [-0.39, 0.29) is 18.6 Å². The van der Waals surface area contributed by atoms with E-state index in [1.165, 1.54) is 5.56 Å². The van der Waals surface area contributed by atoms with Crippen LogP contribution < -0.4 is 5.01 Å². The Labute approximate surface area is 147 Å². The Hall–Kier alpha value is -2.91. The summed E-state index contributed by atoms with van der Waals surface area (Å²) >= 11 is 0. The van der Waals surface area contributed by atoms with Gasteiger partial charge in [-0.1, -0.05) is 78.9 Å². The first kappa shape index (κ1) is 15.6. The maximum Gasteiger partial charge on any atom is 0.0881 e. The van der Waals surface area contributed by atoms with Gasteiger partial charge in [0.1, 0.15) is 0 Å². The van der Waals surface area contributed by atoms with Crippen molar-refractivity contribution in [2.45, 2.75) is 12.0 Å². The minimum Gasteiger partial charge on any atom is -0.394 e. The number of para-hydroxylation sites is 1. The smallest absolute Gasteiger partial charge is 0.0881 e. The van der Waals surface area contributed by atoms with Gasteiger partial charge in [0.2, 0.25) is 0 Å². The fraction of sp³-hybridized carbons (Fsp3) is 0.136. The van der Waals surface area contributed by atoms with Crippen molar-refractivity contribution in [2.75, 3.05) is 11.6 Å². The van der Waals surface area contributed by atoms with Crippen molar-refractivity contribution in [3.8, 4) is 0 Å². The minimum atomic E-state index is -0.125. The van der Waals surface area contributed by atoms with Crippen LogP contribution in [0.5, 0.6) is 0 Å². The standard InChI is InChI=1S/C22H20N2O/c25-16-20-21(17-10-4-1-5-11-17)22(18-12-6-2-7-13-18)23-24(20)19-14-8-3-9-15-19/h1-15,20-21,25H,16H2/t20-,21-/m1/s1. The van der Waals surface area contributed by atoms with Gasteiger partial charge < -0.3 is 5.11 Å². The molecule has 0 radical (unpaired) electrons. The molecule has 0 saturated heterocycles. The van der Waals surface area contributed by atoms with E-state index in [2.05, 4.69) is 24.3 Å². The number of nitrogens with zero attached hydrogens (tertiary/aromatic N) is 2. The Balaban J connectivity index is 1.84. The van der Waals surface area contributed by atoms with Crippen molar-refractivity contribution in [3.63, 3.8) is 0 Å². The molecule has 2 atom stereocenters. The lowest BCUT2D eigenvalue weighted by Crippen LogP contribution is -2.35. The van der Waals surface area contributed by atoms with E-state index in [0.717, 1.165) is 17.0 Å². The first-order valence-electron chi connectivity index (χ1n) is 8.52. The maximum atomic E-state index is 10.2. The van der Waals surface area contributed by atoms with Crippen LogP contribution in [0.1, 0.15) is 17.0 Å². The van der Waals surface area contributed by atoms with Crippen LogP contribution in [0.2, 0.25) is 0 Å². The Morgan fingerprint density at radius 3 is 1.92 bits per heavy atom. The minimum absolute atomic E-state index is 0.0220. The van der Waals surface area contributed by atoms with Gasteiger partial charge in [-0.25, -0.2) is 0 Å². The highest BCUT2D eigenvalue weighted by molar-refractivity contribution is 6.08. The molecule has 1 N–H and O–H groups in total. The topological polar surface area (TPSA) is 35.8 Å². The molecule has 1 heterocycles. The first-order valence-corrected chi connectivity index (χ1v) is 8.52. The van der Waals surface area contributed by atoms with Crippen molar-refractivity contribution >= 4 is 11.4 Å². The molecule has 0 bridgehead atoms. The monoisotopic (exact) mass is 328 g/mol. The average molecular weight is 328 g/mol. The third-order valence-electron chi connectivity index (χ3n) is 4.65. The number of aliphatic hydroxyl groups excluding tert-OH is 1. The highest BCUT2D eigenvalue weighted by Crippen LogP contribution is 2.36. The Morgan fingerprint density at radius 2 is 1.32 bits per heavy atom. The molecule has 3 aromatic rings. The lowest BCUT2D eigenvalue weighted by molar-refractivity contribution is 0.259. The molecule has 25 heavy (non-hydrogen) atoms. The normalized spacial score (nSPS) is 19.7. The molecule has 0 saturated carbocycles.